The average molecular weight is 475 g/mol. The lowest BCUT2D eigenvalue weighted by molar-refractivity contribution is 0.0280. The largest absolute Gasteiger partial charge is 0.496 e. The van der Waals surface area contributed by atoms with Crippen LogP contribution >= 0.6 is 0 Å². The Morgan fingerprint density at radius 1 is 1.17 bits per heavy atom. The number of nitrogens with one attached hydrogen (secondary N) is 1. The molecular formula is C27H30N4O4. The van der Waals surface area contributed by atoms with Gasteiger partial charge in [0.05, 0.1) is 12.8 Å². The van der Waals surface area contributed by atoms with Gasteiger partial charge >= 0.3 is 0 Å². The number of fused-ring (bicyclic) bond motifs is 4. The Labute approximate surface area is 204 Å². The number of amides is 1. The lowest BCUT2D eigenvalue weighted by Gasteiger charge is -2.50. The van der Waals surface area contributed by atoms with E-state index in [-0.39, 0.29) is 12.7 Å². The summed E-state index contributed by atoms with van der Waals surface area (Å²) in [7, 11) is 3.73. The third kappa shape index (κ3) is 4.01. The standard InChI is InChI=1S/C27H30N4O4/c1-30-23(13-22(29-30)20-5-3-4-6-24(20)33-2)21-15-31-10-9-17(21)11-19(31)14-28-27(32)18-7-8-25-26(12-18)35-16-34-25/h3-8,12-13,17,19,21H,9-11,14-16H2,1-2H3,(H,28,32)/t17-,19+,21-/m0/s1. The van der Waals surface area contributed by atoms with Crippen LogP contribution in [-0.2, 0) is 7.05 Å². The Morgan fingerprint density at radius 3 is 2.86 bits per heavy atom. The van der Waals surface area contributed by atoms with Crippen molar-refractivity contribution in [3.63, 3.8) is 0 Å². The van der Waals surface area contributed by atoms with E-state index in [2.05, 4.69) is 22.3 Å². The van der Waals surface area contributed by atoms with Crippen molar-refractivity contribution in [3.05, 3.63) is 59.8 Å². The van der Waals surface area contributed by atoms with Crippen molar-refractivity contribution < 1.29 is 19.0 Å². The third-order valence-electron chi connectivity index (χ3n) is 7.69. The van der Waals surface area contributed by atoms with E-state index < -0.39 is 0 Å². The van der Waals surface area contributed by atoms with Crippen molar-refractivity contribution in [2.24, 2.45) is 13.0 Å². The number of carbonyl (C=O) groups is 1. The molecule has 1 N–H and O–H groups in total. The maximum atomic E-state index is 12.8. The summed E-state index contributed by atoms with van der Waals surface area (Å²) in [6.07, 6.45) is 2.24. The quantitative estimate of drug-likeness (QED) is 0.590. The molecule has 4 aliphatic rings. The molecular weight excluding hydrogens is 444 g/mol. The summed E-state index contributed by atoms with van der Waals surface area (Å²) in [5, 5.41) is 7.97. The first-order chi connectivity index (χ1) is 17.1. The molecule has 0 radical (unpaired) electrons. The Kier molecular flexibility index (Phi) is 5.60. The van der Waals surface area contributed by atoms with Crippen LogP contribution in [-0.4, -0.2) is 60.2 Å². The van der Waals surface area contributed by atoms with E-state index >= 15 is 0 Å². The SMILES string of the molecule is COc1ccccc1-c1cc([C@H]2CN3CC[C@H]2C[C@@H]3CNC(=O)c2ccc3c(c2)OCO3)n(C)n1. The summed E-state index contributed by atoms with van der Waals surface area (Å²) in [5.74, 6) is 3.09. The number of methoxy groups -OCH3 is 1. The monoisotopic (exact) mass is 474 g/mol. The molecule has 7 rings (SSSR count). The summed E-state index contributed by atoms with van der Waals surface area (Å²) in [5.41, 5.74) is 3.83. The van der Waals surface area contributed by atoms with Gasteiger partial charge in [-0.25, -0.2) is 0 Å². The lowest BCUT2D eigenvalue weighted by atomic mass is 9.74. The zero-order valence-corrected chi connectivity index (χ0v) is 20.1. The van der Waals surface area contributed by atoms with Crippen molar-refractivity contribution in [2.75, 3.05) is 33.5 Å². The molecule has 1 aromatic heterocycles. The number of aromatic nitrogens is 2. The number of piperidine rings is 3. The second-order valence-electron chi connectivity index (χ2n) is 9.60. The zero-order valence-electron chi connectivity index (χ0n) is 20.1. The first kappa shape index (κ1) is 22.0. The predicted molar refractivity (Wildman–Crippen MR) is 131 cm³/mol. The second kappa shape index (κ2) is 8.92. The molecule has 1 unspecified atom stereocenters. The first-order valence-electron chi connectivity index (χ1n) is 12.2. The van der Waals surface area contributed by atoms with Gasteiger partial charge in [-0.2, -0.15) is 5.10 Å². The van der Waals surface area contributed by atoms with Crippen LogP contribution in [0.2, 0.25) is 0 Å². The van der Waals surface area contributed by atoms with Gasteiger partial charge in [-0.05, 0) is 61.7 Å². The molecule has 0 aliphatic carbocycles. The lowest BCUT2D eigenvalue weighted by Crippen LogP contribution is -2.56. The minimum Gasteiger partial charge on any atom is -0.496 e. The van der Waals surface area contributed by atoms with E-state index in [1.54, 1.807) is 25.3 Å². The molecule has 0 spiro atoms. The van der Waals surface area contributed by atoms with E-state index in [1.165, 1.54) is 12.1 Å². The van der Waals surface area contributed by atoms with Gasteiger partial charge < -0.3 is 19.5 Å². The Bertz CT molecular complexity index is 1260. The van der Waals surface area contributed by atoms with Crippen molar-refractivity contribution in [1.29, 1.82) is 0 Å². The molecule has 5 heterocycles. The van der Waals surface area contributed by atoms with Crippen LogP contribution in [0, 0.1) is 5.92 Å². The molecule has 3 saturated heterocycles. The molecule has 2 aromatic carbocycles. The molecule has 4 atom stereocenters. The molecule has 4 aliphatic heterocycles. The number of ether oxygens (including phenoxy) is 3. The summed E-state index contributed by atoms with van der Waals surface area (Å²) in [6.45, 7) is 2.91. The summed E-state index contributed by atoms with van der Waals surface area (Å²) in [6, 6.07) is 15.9. The summed E-state index contributed by atoms with van der Waals surface area (Å²) < 4.78 is 18.3. The van der Waals surface area contributed by atoms with Crippen molar-refractivity contribution in [2.45, 2.75) is 24.8 Å². The maximum absolute atomic E-state index is 12.8. The highest BCUT2D eigenvalue weighted by Gasteiger charge is 2.42. The van der Waals surface area contributed by atoms with E-state index in [0.717, 1.165) is 36.5 Å². The van der Waals surface area contributed by atoms with Gasteiger partial charge in [-0.1, -0.05) is 12.1 Å². The van der Waals surface area contributed by atoms with Crippen molar-refractivity contribution in [3.8, 4) is 28.5 Å². The van der Waals surface area contributed by atoms with Crippen LogP contribution in [0.3, 0.4) is 0 Å². The normalized spacial score (nSPS) is 24.4. The Balaban J connectivity index is 1.13. The topological polar surface area (TPSA) is 77.9 Å². The van der Waals surface area contributed by atoms with Gasteiger partial charge in [0.1, 0.15) is 5.75 Å². The fraction of sp³-hybridized carbons (Fsp3) is 0.407. The van der Waals surface area contributed by atoms with Crippen LogP contribution in [0.25, 0.3) is 11.3 Å². The maximum Gasteiger partial charge on any atom is 0.251 e. The number of carbonyl (C=O) groups excluding carboxylic acids is 1. The van der Waals surface area contributed by atoms with Gasteiger partial charge in [0, 0.05) is 48.9 Å². The highest BCUT2D eigenvalue weighted by Crippen LogP contribution is 2.43. The molecule has 2 bridgehead atoms. The Morgan fingerprint density at radius 2 is 2.03 bits per heavy atom. The molecule has 3 aromatic rings. The second-order valence-corrected chi connectivity index (χ2v) is 9.60. The number of aryl methyl sites for hydroxylation is 1. The van der Waals surface area contributed by atoms with Crippen LogP contribution in [0.5, 0.6) is 17.2 Å². The zero-order chi connectivity index (χ0) is 23.9. The minimum absolute atomic E-state index is 0.0735. The number of hydrogen-bond donors (Lipinski definition) is 1. The van der Waals surface area contributed by atoms with Crippen LogP contribution < -0.4 is 19.5 Å². The fourth-order valence-electron chi connectivity index (χ4n) is 5.85. The van der Waals surface area contributed by atoms with Gasteiger partial charge in [0.25, 0.3) is 5.91 Å². The van der Waals surface area contributed by atoms with Crippen molar-refractivity contribution in [1.82, 2.24) is 20.0 Å². The summed E-state index contributed by atoms with van der Waals surface area (Å²) >= 11 is 0. The van der Waals surface area contributed by atoms with Crippen molar-refractivity contribution >= 4 is 5.91 Å². The van der Waals surface area contributed by atoms with Gasteiger partial charge in [-0.15, -0.1) is 0 Å². The van der Waals surface area contributed by atoms with Crippen LogP contribution in [0.4, 0.5) is 0 Å². The number of rotatable bonds is 6. The Hall–Kier alpha value is -3.52. The van der Waals surface area contributed by atoms with E-state index in [4.69, 9.17) is 19.3 Å². The smallest absolute Gasteiger partial charge is 0.251 e. The molecule has 1 amide bonds. The first-order valence-corrected chi connectivity index (χ1v) is 12.2. The average Bonchev–Trinajstić information content (AvgIpc) is 3.53. The highest BCUT2D eigenvalue weighted by molar-refractivity contribution is 5.95. The minimum atomic E-state index is -0.0735. The van der Waals surface area contributed by atoms with E-state index in [0.29, 0.717) is 41.5 Å². The predicted octanol–water partition coefficient (Wildman–Crippen LogP) is 3.43. The third-order valence-corrected chi connectivity index (χ3v) is 7.69. The molecule has 8 heteroatoms. The number of nitrogens with zero attached hydrogens (tertiary/aromatic N) is 3. The number of para-hydroxylation sites is 1. The van der Waals surface area contributed by atoms with Gasteiger partial charge in [0.15, 0.2) is 11.5 Å². The number of benzene rings is 2. The molecule has 8 nitrogen and oxygen atoms in total. The van der Waals surface area contributed by atoms with Crippen LogP contribution in [0.1, 0.15) is 34.8 Å². The fourth-order valence-corrected chi connectivity index (χ4v) is 5.85. The molecule has 35 heavy (non-hydrogen) atoms. The molecule has 3 fully saturated rings. The molecule has 0 saturated carbocycles. The van der Waals surface area contributed by atoms with Gasteiger partial charge in [0.2, 0.25) is 6.79 Å². The summed E-state index contributed by atoms with van der Waals surface area (Å²) in [4.78, 5) is 15.3. The van der Waals surface area contributed by atoms with Gasteiger partial charge in [-0.3, -0.25) is 14.4 Å². The van der Waals surface area contributed by atoms with E-state index in [9.17, 15) is 4.79 Å². The van der Waals surface area contributed by atoms with E-state index in [1.807, 2.05) is 29.9 Å². The highest BCUT2D eigenvalue weighted by atomic mass is 16.7. The van der Waals surface area contributed by atoms with Crippen LogP contribution in [0.15, 0.2) is 48.5 Å². The molecule has 182 valence electrons. The number of hydrogen-bond acceptors (Lipinski definition) is 6.